The molecule has 1 N–H and O–H groups in total. The van der Waals surface area contributed by atoms with Crippen LogP contribution in [-0.2, 0) is 4.79 Å². The van der Waals surface area contributed by atoms with Crippen molar-refractivity contribution in [3.05, 3.63) is 29.8 Å². The van der Waals surface area contributed by atoms with E-state index < -0.39 is 16.3 Å². The third kappa shape index (κ3) is 4.70. The molecule has 1 aromatic rings. The number of hydrogen-bond donors (Lipinski definition) is 1. The fraction of sp³-hybridized carbons (Fsp3) is 0.438. The SMILES string of the molecule is COc1cc(/C=C/C(=O)O)ccc1OS(C)(C)C(C)(C)C. The van der Waals surface area contributed by atoms with E-state index in [1.165, 1.54) is 6.08 Å². The number of methoxy groups -OCH3 is 1. The van der Waals surface area contributed by atoms with E-state index in [9.17, 15) is 4.79 Å². The Bertz CT molecular complexity index is 542. The van der Waals surface area contributed by atoms with E-state index in [2.05, 4.69) is 33.3 Å². The van der Waals surface area contributed by atoms with E-state index in [1.807, 2.05) is 12.1 Å². The van der Waals surface area contributed by atoms with Gasteiger partial charge in [-0.2, -0.15) is 0 Å². The Morgan fingerprint density at radius 3 is 2.33 bits per heavy atom. The number of ether oxygens (including phenoxy) is 1. The van der Waals surface area contributed by atoms with Gasteiger partial charge < -0.3 is 14.0 Å². The first-order valence-electron chi connectivity index (χ1n) is 6.58. The van der Waals surface area contributed by atoms with Crippen LogP contribution in [0.2, 0.25) is 0 Å². The van der Waals surface area contributed by atoms with Gasteiger partial charge in [-0.25, -0.2) is 4.79 Å². The third-order valence-corrected chi connectivity index (χ3v) is 6.92. The molecule has 0 atom stereocenters. The number of aliphatic carboxylic acids is 1. The largest absolute Gasteiger partial charge is 0.493 e. The van der Waals surface area contributed by atoms with Crippen molar-refractivity contribution in [1.82, 2.24) is 0 Å². The van der Waals surface area contributed by atoms with E-state index in [0.717, 1.165) is 11.6 Å². The first-order valence-corrected chi connectivity index (χ1v) is 8.95. The lowest BCUT2D eigenvalue weighted by molar-refractivity contribution is -0.131. The van der Waals surface area contributed by atoms with E-state index >= 15 is 0 Å². The molecule has 0 saturated heterocycles. The lowest BCUT2D eigenvalue weighted by Gasteiger charge is -2.43. The molecule has 0 unspecified atom stereocenters. The van der Waals surface area contributed by atoms with Gasteiger partial charge in [0.05, 0.1) is 7.11 Å². The van der Waals surface area contributed by atoms with Crippen LogP contribution in [0, 0.1) is 0 Å². The molecule has 0 heterocycles. The van der Waals surface area contributed by atoms with Gasteiger partial charge in [-0.1, -0.05) is 16.4 Å². The van der Waals surface area contributed by atoms with Gasteiger partial charge in [-0.3, -0.25) is 0 Å². The van der Waals surface area contributed by atoms with Crippen molar-refractivity contribution in [2.75, 3.05) is 19.6 Å². The number of carboxylic acids is 1. The van der Waals surface area contributed by atoms with Crippen LogP contribution in [0.4, 0.5) is 0 Å². The summed E-state index contributed by atoms with van der Waals surface area (Å²) in [4.78, 5) is 10.6. The minimum absolute atomic E-state index is 0.0416. The summed E-state index contributed by atoms with van der Waals surface area (Å²) < 4.78 is 11.6. The van der Waals surface area contributed by atoms with Gasteiger partial charge in [-0.05, 0) is 57.1 Å². The normalized spacial score (nSPS) is 13.2. The van der Waals surface area contributed by atoms with Gasteiger partial charge in [0.15, 0.2) is 11.5 Å². The van der Waals surface area contributed by atoms with Crippen molar-refractivity contribution in [2.45, 2.75) is 25.5 Å². The van der Waals surface area contributed by atoms with Crippen LogP contribution in [0.5, 0.6) is 11.5 Å². The summed E-state index contributed by atoms with van der Waals surface area (Å²) in [6, 6.07) is 5.41. The fourth-order valence-electron chi connectivity index (χ4n) is 1.37. The Hall–Kier alpha value is -1.62. The molecule has 0 aromatic heterocycles. The predicted octanol–water partition coefficient (Wildman–Crippen LogP) is 3.95. The minimum atomic E-state index is -1.31. The standard InChI is InChI=1S/C16H24O4S/c1-16(2,3)21(5,6)20-13-9-7-12(8-10-15(17)18)11-14(13)19-4/h7-11H,1-6H3,(H,17,18)/b10-8+. The molecule has 0 bridgehead atoms. The Morgan fingerprint density at radius 2 is 1.86 bits per heavy atom. The van der Waals surface area contributed by atoms with Crippen LogP contribution in [0.25, 0.3) is 6.08 Å². The Balaban J connectivity index is 3.07. The van der Waals surface area contributed by atoms with E-state index in [1.54, 1.807) is 13.2 Å². The summed E-state index contributed by atoms with van der Waals surface area (Å²) in [5, 5.41) is 8.66. The lowest BCUT2D eigenvalue weighted by atomic mass is 10.2. The third-order valence-electron chi connectivity index (χ3n) is 3.38. The molecule has 0 fully saturated rings. The maximum atomic E-state index is 10.6. The lowest BCUT2D eigenvalue weighted by Crippen LogP contribution is -2.27. The molecule has 1 aromatic carbocycles. The number of benzene rings is 1. The van der Waals surface area contributed by atoms with Crippen LogP contribution in [-0.4, -0.2) is 35.4 Å². The van der Waals surface area contributed by atoms with Crippen LogP contribution < -0.4 is 8.92 Å². The van der Waals surface area contributed by atoms with Crippen molar-refractivity contribution in [1.29, 1.82) is 0 Å². The van der Waals surface area contributed by atoms with Crippen LogP contribution >= 0.6 is 10.3 Å². The maximum absolute atomic E-state index is 10.6. The summed E-state index contributed by atoms with van der Waals surface area (Å²) in [6.45, 7) is 6.45. The highest BCUT2D eigenvalue weighted by Crippen LogP contribution is 2.54. The molecule has 118 valence electrons. The summed E-state index contributed by atoms with van der Waals surface area (Å²) in [5.74, 6) is 0.305. The molecule has 4 nitrogen and oxygen atoms in total. The quantitative estimate of drug-likeness (QED) is 0.836. The van der Waals surface area contributed by atoms with Crippen molar-refractivity contribution in [3.63, 3.8) is 0 Å². The van der Waals surface area contributed by atoms with E-state index in [4.69, 9.17) is 14.0 Å². The van der Waals surface area contributed by atoms with Crippen LogP contribution in [0.1, 0.15) is 26.3 Å². The smallest absolute Gasteiger partial charge is 0.328 e. The molecule has 21 heavy (non-hydrogen) atoms. The average Bonchev–Trinajstić information content (AvgIpc) is 2.35. The fourth-order valence-corrected chi connectivity index (χ4v) is 2.21. The average molecular weight is 312 g/mol. The molecule has 0 aliphatic carbocycles. The number of rotatable bonds is 5. The summed E-state index contributed by atoms with van der Waals surface area (Å²) in [7, 11) is 0.262. The molecule has 0 radical (unpaired) electrons. The van der Waals surface area contributed by atoms with E-state index in [0.29, 0.717) is 11.5 Å². The first kappa shape index (κ1) is 17.4. The number of carboxylic acid groups (broad SMARTS) is 1. The Labute approximate surface area is 128 Å². The number of carbonyl (C=O) groups is 1. The summed E-state index contributed by atoms with van der Waals surface area (Å²) in [6.07, 6.45) is 6.85. The summed E-state index contributed by atoms with van der Waals surface area (Å²) in [5.41, 5.74) is 0.755. The molecule has 0 spiro atoms. The highest BCUT2D eigenvalue weighted by Gasteiger charge is 2.30. The highest BCUT2D eigenvalue weighted by molar-refractivity contribution is 8.30. The topological polar surface area (TPSA) is 55.8 Å². The first-order chi connectivity index (χ1) is 9.56. The second-order valence-electron chi connectivity index (χ2n) is 6.01. The zero-order valence-electron chi connectivity index (χ0n) is 13.5. The summed E-state index contributed by atoms with van der Waals surface area (Å²) >= 11 is 0. The van der Waals surface area contributed by atoms with Crippen LogP contribution in [0.15, 0.2) is 24.3 Å². The minimum Gasteiger partial charge on any atom is -0.493 e. The van der Waals surface area contributed by atoms with Crippen molar-refractivity contribution < 1.29 is 18.8 Å². The Morgan fingerprint density at radius 1 is 1.24 bits per heavy atom. The molecule has 1 rings (SSSR count). The molecule has 0 amide bonds. The molecular weight excluding hydrogens is 288 g/mol. The Kier molecular flexibility index (Phi) is 5.34. The van der Waals surface area contributed by atoms with Gasteiger partial charge in [0.2, 0.25) is 0 Å². The maximum Gasteiger partial charge on any atom is 0.328 e. The van der Waals surface area contributed by atoms with Crippen molar-refractivity contribution in [3.8, 4) is 11.5 Å². The van der Waals surface area contributed by atoms with Gasteiger partial charge in [0.25, 0.3) is 0 Å². The van der Waals surface area contributed by atoms with Gasteiger partial charge in [0, 0.05) is 10.8 Å². The molecule has 0 saturated carbocycles. The van der Waals surface area contributed by atoms with Gasteiger partial charge in [0.1, 0.15) is 0 Å². The molecule has 0 aliphatic heterocycles. The second kappa shape index (κ2) is 6.43. The molecule has 5 heteroatoms. The van der Waals surface area contributed by atoms with E-state index in [-0.39, 0.29) is 4.75 Å². The monoisotopic (exact) mass is 312 g/mol. The molecular formula is C16H24O4S. The second-order valence-corrected chi connectivity index (χ2v) is 9.87. The van der Waals surface area contributed by atoms with Crippen LogP contribution in [0.3, 0.4) is 0 Å². The molecule has 0 aliphatic rings. The predicted molar refractivity (Wildman–Crippen MR) is 89.5 cm³/mol. The zero-order valence-corrected chi connectivity index (χ0v) is 14.3. The zero-order chi connectivity index (χ0) is 16.3. The van der Waals surface area contributed by atoms with Gasteiger partial charge >= 0.3 is 5.97 Å². The highest BCUT2D eigenvalue weighted by atomic mass is 32.3. The van der Waals surface area contributed by atoms with Crippen molar-refractivity contribution in [2.24, 2.45) is 0 Å². The van der Waals surface area contributed by atoms with Gasteiger partial charge in [-0.15, -0.1) is 0 Å². The van der Waals surface area contributed by atoms with Crippen molar-refractivity contribution >= 4 is 22.4 Å². The number of hydrogen-bond acceptors (Lipinski definition) is 3.